The summed E-state index contributed by atoms with van der Waals surface area (Å²) >= 11 is 0. The lowest BCUT2D eigenvalue weighted by molar-refractivity contribution is 0.660. The van der Waals surface area contributed by atoms with Crippen LogP contribution in [0.3, 0.4) is 0 Å². The highest BCUT2D eigenvalue weighted by molar-refractivity contribution is 6.05. The molecule has 0 saturated heterocycles. The molecule has 11 aromatic carbocycles. The van der Waals surface area contributed by atoms with E-state index in [4.69, 9.17) is 0 Å². The normalized spacial score (nSPS) is 13.4. The first kappa shape index (κ1) is 42.3. The van der Waals surface area contributed by atoms with E-state index in [-0.39, 0.29) is 5.41 Å². The smallest absolute Gasteiger partial charge is 0.0713 e. The Morgan fingerprint density at radius 1 is 0.268 bits per heavy atom. The van der Waals surface area contributed by atoms with E-state index in [1.807, 2.05) is 0 Å². The minimum Gasteiger partial charge on any atom is -0.309 e. The van der Waals surface area contributed by atoms with Crippen molar-refractivity contribution in [3.8, 4) is 66.8 Å². The molecule has 0 radical (unpaired) electrons. The van der Waals surface area contributed by atoms with Gasteiger partial charge in [0.25, 0.3) is 0 Å². The second kappa shape index (κ2) is 17.0. The fourth-order valence-electron chi connectivity index (χ4n) is 12.3. The van der Waals surface area contributed by atoms with Crippen molar-refractivity contribution in [1.82, 2.24) is 0 Å². The van der Waals surface area contributed by atoms with Gasteiger partial charge < -0.3 is 4.90 Å². The number of fused-ring (bicyclic) bond motifs is 6. The first-order chi connectivity index (χ1) is 35.0. The third kappa shape index (κ3) is 6.61. The van der Waals surface area contributed by atoms with E-state index < -0.39 is 5.41 Å². The quantitative estimate of drug-likeness (QED) is 0.139. The predicted octanol–water partition coefficient (Wildman–Crippen LogP) is 18.5. The molecule has 0 saturated carbocycles. The van der Waals surface area contributed by atoms with Crippen molar-refractivity contribution < 1.29 is 0 Å². The molecule has 11 aromatic rings. The molecule has 0 bridgehead atoms. The molecule has 0 heterocycles. The molecular formula is C70H51N. The van der Waals surface area contributed by atoms with Gasteiger partial charge >= 0.3 is 0 Å². The van der Waals surface area contributed by atoms with Gasteiger partial charge in [-0.2, -0.15) is 0 Å². The summed E-state index contributed by atoms with van der Waals surface area (Å²) in [4.78, 5) is 2.57. The summed E-state index contributed by atoms with van der Waals surface area (Å²) in [5.41, 5.74) is 25.0. The Bertz CT molecular complexity index is 3740. The summed E-state index contributed by atoms with van der Waals surface area (Å²) in [6.45, 7) is 4.75. The van der Waals surface area contributed by atoms with Crippen LogP contribution in [-0.4, -0.2) is 0 Å². The Morgan fingerprint density at radius 2 is 0.718 bits per heavy atom. The zero-order chi connectivity index (χ0) is 47.5. The van der Waals surface area contributed by atoms with E-state index in [1.54, 1.807) is 0 Å². The highest BCUT2D eigenvalue weighted by Crippen LogP contribution is 2.59. The van der Waals surface area contributed by atoms with E-state index in [0.29, 0.717) is 0 Å². The van der Waals surface area contributed by atoms with Crippen LogP contribution in [0, 0.1) is 0 Å². The van der Waals surface area contributed by atoms with Crippen molar-refractivity contribution in [3.63, 3.8) is 0 Å². The molecular weight excluding hydrogens is 855 g/mol. The summed E-state index contributed by atoms with van der Waals surface area (Å²) in [6, 6.07) is 101. The van der Waals surface area contributed by atoms with E-state index >= 15 is 0 Å². The van der Waals surface area contributed by atoms with Crippen molar-refractivity contribution in [1.29, 1.82) is 0 Å². The van der Waals surface area contributed by atoms with E-state index in [0.717, 1.165) is 17.1 Å². The summed E-state index contributed by atoms with van der Waals surface area (Å²) in [6.07, 6.45) is 0. The summed E-state index contributed by atoms with van der Waals surface area (Å²) in [5, 5.41) is 0. The summed E-state index contributed by atoms with van der Waals surface area (Å²) < 4.78 is 0. The zero-order valence-electron chi connectivity index (χ0n) is 39.9. The Morgan fingerprint density at radius 3 is 1.39 bits per heavy atom. The number of anilines is 3. The van der Waals surface area contributed by atoms with Gasteiger partial charge in [-0.15, -0.1) is 0 Å². The highest BCUT2D eigenvalue weighted by atomic mass is 15.1. The minimum absolute atomic E-state index is 0.147. The Hall–Kier alpha value is -8.78. The van der Waals surface area contributed by atoms with Gasteiger partial charge in [0.1, 0.15) is 0 Å². The molecule has 2 aliphatic rings. The number of para-hydroxylation sites is 1. The first-order valence-corrected chi connectivity index (χ1v) is 24.8. The maximum atomic E-state index is 2.57. The number of hydrogen-bond acceptors (Lipinski definition) is 1. The van der Waals surface area contributed by atoms with Crippen LogP contribution in [-0.2, 0) is 10.8 Å². The zero-order valence-corrected chi connectivity index (χ0v) is 39.9. The molecule has 0 amide bonds. The van der Waals surface area contributed by atoms with Crippen LogP contribution < -0.4 is 4.90 Å². The van der Waals surface area contributed by atoms with Crippen LogP contribution in [0.15, 0.2) is 273 Å². The molecule has 0 atom stereocenters. The maximum Gasteiger partial charge on any atom is 0.0713 e. The second-order valence-electron chi connectivity index (χ2n) is 19.5. The fraction of sp³-hybridized carbons (Fsp3) is 0.0571. The lowest BCUT2D eigenvalue weighted by Gasteiger charge is -2.35. The number of nitrogens with zero attached hydrogens (tertiary/aromatic N) is 1. The predicted molar refractivity (Wildman–Crippen MR) is 298 cm³/mol. The molecule has 0 spiro atoms. The largest absolute Gasteiger partial charge is 0.309 e. The van der Waals surface area contributed by atoms with Crippen molar-refractivity contribution in [3.05, 3.63) is 306 Å². The van der Waals surface area contributed by atoms with Gasteiger partial charge in [0, 0.05) is 22.2 Å². The first-order valence-electron chi connectivity index (χ1n) is 24.8. The van der Waals surface area contributed by atoms with Gasteiger partial charge in [-0.1, -0.05) is 263 Å². The van der Waals surface area contributed by atoms with Gasteiger partial charge in [-0.3, -0.25) is 0 Å². The molecule has 13 rings (SSSR count). The molecule has 0 fully saturated rings. The van der Waals surface area contributed by atoms with E-state index in [9.17, 15) is 0 Å². The van der Waals surface area contributed by atoms with Gasteiger partial charge in [0.15, 0.2) is 0 Å². The van der Waals surface area contributed by atoms with Gasteiger partial charge in [-0.25, -0.2) is 0 Å². The summed E-state index contributed by atoms with van der Waals surface area (Å²) in [5.74, 6) is 0. The molecule has 1 heteroatoms. The molecule has 2 aliphatic carbocycles. The van der Waals surface area contributed by atoms with Gasteiger partial charge in [0.2, 0.25) is 0 Å². The Kier molecular flexibility index (Phi) is 10.1. The van der Waals surface area contributed by atoms with Crippen LogP contribution in [0.1, 0.15) is 47.2 Å². The molecule has 0 aromatic heterocycles. The van der Waals surface area contributed by atoms with Crippen molar-refractivity contribution in [2.24, 2.45) is 0 Å². The average molecular weight is 906 g/mol. The lowest BCUT2D eigenvalue weighted by Crippen LogP contribution is -2.28. The lowest BCUT2D eigenvalue weighted by atomic mass is 9.68. The van der Waals surface area contributed by atoms with E-state index in [1.165, 1.54) is 100 Å². The SMILES string of the molecule is CC1(C)c2ccccc2-c2c(-c3ccccc3N(c3ccc4c(c3)-c3ccccc3C4(c3ccccc3)c3ccccc3)c3cccc(-c4ccccc4)c3-c3ccccc3-c3ccccc3)cccc21. The molecule has 0 N–H and O–H groups in total. The third-order valence-electron chi connectivity index (χ3n) is 15.4. The second-order valence-corrected chi connectivity index (χ2v) is 19.5. The Labute approximate surface area is 417 Å². The van der Waals surface area contributed by atoms with Gasteiger partial charge in [0.05, 0.1) is 16.8 Å². The fourth-order valence-corrected chi connectivity index (χ4v) is 12.3. The van der Waals surface area contributed by atoms with Crippen LogP contribution in [0.5, 0.6) is 0 Å². The maximum absolute atomic E-state index is 2.57. The number of rotatable bonds is 9. The third-order valence-corrected chi connectivity index (χ3v) is 15.4. The van der Waals surface area contributed by atoms with Crippen LogP contribution >= 0.6 is 0 Å². The molecule has 0 unspecified atom stereocenters. The number of benzene rings is 11. The van der Waals surface area contributed by atoms with Crippen LogP contribution in [0.2, 0.25) is 0 Å². The van der Waals surface area contributed by atoms with E-state index in [2.05, 4.69) is 292 Å². The van der Waals surface area contributed by atoms with Crippen molar-refractivity contribution in [2.75, 3.05) is 4.90 Å². The van der Waals surface area contributed by atoms with Gasteiger partial charge in [-0.05, 0) is 113 Å². The molecule has 336 valence electrons. The van der Waals surface area contributed by atoms with Crippen molar-refractivity contribution >= 4 is 17.1 Å². The van der Waals surface area contributed by atoms with Crippen LogP contribution in [0.4, 0.5) is 17.1 Å². The monoisotopic (exact) mass is 905 g/mol. The molecule has 1 nitrogen and oxygen atoms in total. The standard InChI is InChI=1S/C70H51N/c1-69(2)61-40-20-18-37-59(61)67-58(39-23-42-64(67)69)56-35-19-22-43-65(56)71(66-44-24-38-54(49-27-9-4-10-28-49)68(66)57-36-16-15-33-53(57)48-25-7-3-8-26-48)52-45-46-63-60(47-52)55-34-17-21-41-62(55)70(63,50-29-11-5-12-30-50)51-31-13-6-14-32-51/h3-47H,1-2H3. The molecule has 0 aliphatic heterocycles. The molecule has 71 heavy (non-hydrogen) atoms. The minimum atomic E-state index is -0.520. The average Bonchev–Trinajstić information content (AvgIpc) is 3.87. The topological polar surface area (TPSA) is 3.24 Å². The van der Waals surface area contributed by atoms with Crippen molar-refractivity contribution in [2.45, 2.75) is 24.7 Å². The Balaban J connectivity index is 1.14. The number of hydrogen-bond donors (Lipinski definition) is 0. The van der Waals surface area contributed by atoms with Crippen LogP contribution in [0.25, 0.3) is 66.8 Å². The highest BCUT2D eigenvalue weighted by Gasteiger charge is 2.46. The summed E-state index contributed by atoms with van der Waals surface area (Å²) in [7, 11) is 0.